The van der Waals surface area contributed by atoms with Gasteiger partial charge in [-0.15, -0.1) is 0 Å². The van der Waals surface area contributed by atoms with Crippen molar-refractivity contribution in [3.05, 3.63) is 81.9 Å². The molecule has 0 bridgehead atoms. The van der Waals surface area contributed by atoms with Crippen molar-refractivity contribution in [3.8, 4) is 17.0 Å². The van der Waals surface area contributed by atoms with Crippen LogP contribution in [0.5, 0.6) is 5.75 Å². The first-order valence-electron chi connectivity index (χ1n) is 9.62. The van der Waals surface area contributed by atoms with Gasteiger partial charge in [-0.05, 0) is 57.2 Å². The molecule has 150 valence electrons. The highest BCUT2D eigenvalue weighted by atomic mass is 16.5. The van der Waals surface area contributed by atoms with Crippen LogP contribution in [0.2, 0.25) is 0 Å². The van der Waals surface area contributed by atoms with Gasteiger partial charge in [0.15, 0.2) is 0 Å². The maximum absolute atomic E-state index is 12.4. The van der Waals surface area contributed by atoms with Crippen LogP contribution >= 0.6 is 0 Å². The van der Waals surface area contributed by atoms with Gasteiger partial charge in [0.25, 0.3) is 11.5 Å². The van der Waals surface area contributed by atoms with E-state index in [-0.39, 0.29) is 11.5 Å². The zero-order chi connectivity index (χ0) is 20.8. The van der Waals surface area contributed by atoms with Crippen LogP contribution < -0.4 is 15.6 Å². The molecular weight excluding hydrogens is 366 g/mol. The molecule has 6 heteroatoms. The minimum atomic E-state index is -0.162. The second kappa shape index (κ2) is 9.19. The van der Waals surface area contributed by atoms with Crippen molar-refractivity contribution in [1.82, 2.24) is 14.9 Å². The number of benzene rings is 2. The van der Waals surface area contributed by atoms with E-state index in [1.807, 2.05) is 63.2 Å². The highest BCUT2D eigenvalue weighted by Crippen LogP contribution is 2.19. The van der Waals surface area contributed by atoms with E-state index < -0.39 is 0 Å². The molecule has 3 rings (SSSR count). The summed E-state index contributed by atoms with van der Waals surface area (Å²) in [4.78, 5) is 29.1. The van der Waals surface area contributed by atoms with Crippen LogP contribution in [0, 0.1) is 13.8 Å². The van der Waals surface area contributed by atoms with Gasteiger partial charge in [0.05, 0.1) is 18.6 Å². The Balaban J connectivity index is 1.62. The minimum Gasteiger partial charge on any atom is -0.494 e. The third-order valence-corrected chi connectivity index (χ3v) is 4.46. The second-order valence-corrected chi connectivity index (χ2v) is 6.90. The van der Waals surface area contributed by atoms with Crippen molar-refractivity contribution in [3.63, 3.8) is 0 Å². The van der Waals surface area contributed by atoms with Crippen molar-refractivity contribution in [2.75, 3.05) is 13.2 Å². The van der Waals surface area contributed by atoms with Crippen LogP contribution in [-0.4, -0.2) is 28.6 Å². The summed E-state index contributed by atoms with van der Waals surface area (Å²) >= 11 is 0. The zero-order valence-corrected chi connectivity index (χ0v) is 16.9. The van der Waals surface area contributed by atoms with Gasteiger partial charge >= 0.3 is 0 Å². The molecule has 0 aliphatic carbocycles. The molecular formula is C23H25N3O3. The molecule has 0 aliphatic rings. The fraction of sp³-hybridized carbons (Fsp3) is 0.261. The van der Waals surface area contributed by atoms with E-state index in [0.29, 0.717) is 31.0 Å². The average Bonchev–Trinajstić information content (AvgIpc) is 2.69. The molecule has 1 aromatic heterocycles. The molecule has 0 saturated carbocycles. The van der Waals surface area contributed by atoms with E-state index >= 15 is 0 Å². The van der Waals surface area contributed by atoms with Gasteiger partial charge in [-0.2, -0.15) is 0 Å². The highest BCUT2D eigenvalue weighted by Gasteiger charge is 2.07. The highest BCUT2D eigenvalue weighted by molar-refractivity contribution is 5.94. The predicted octanol–water partition coefficient (Wildman–Crippen LogP) is 3.36. The average molecular weight is 391 g/mol. The number of nitrogens with one attached hydrogen (secondary N) is 1. The first-order valence-corrected chi connectivity index (χ1v) is 9.62. The lowest BCUT2D eigenvalue weighted by atomic mass is 10.1. The number of nitrogens with zero attached hydrogens (tertiary/aromatic N) is 2. The first kappa shape index (κ1) is 20.3. The molecule has 0 atom stereocenters. The second-order valence-electron chi connectivity index (χ2n) is 6.90. The molecule has 0 radical (unpaired) electrons. The van der Waals surface area contributed by atoms with E-state index in [4.69, 9.17) is 4.74 Å². The molecule has 3 aromatic rings. The number of carbonyl (C=O) groups excluding carboxylic acids is 1. The SMILES string of the molecule is CCOc1ccc(-c2cc(=O)n(CCNC(=O)c3cc(C)cc(C)c3)cn2)cc1. The van der Waals surface area contributed by atoms with Crippen LogP contribution in [0.3, 0.4) is 0 Å². The summed E-state index contributed by atoms with van der Waals surface area (Å²) in [5, 5.41) is 2.85. The quantitative estimate of drug-likeness (QED) is 0.670. The summed E-state index contributed by atoms with van der Waals surface area (Å²) in [6, 6.07) is 14.7. The number of rotatable bonds is 7. The molecule has 1 heterocycles. The number of aromatic nitrogens is 2. The Bertz CT molecular complexity index is 1040. The Kier molecular flexibility index (Phi) is 6.44. The van der Waals surface area contributed by atoms with Crippen LogP contribution in [0.15, 0.2) is 59.7 Å². The molecule has 0 fully saturated rings. The summed E-state index contributed by atoms with van der Waals surface area (Å²) in [6.07, 6.45) is 1.51. The lowest BCUT2D eigenvalue weighted by Crippen LogP contribution is -2.30. The summed E-state index contributed by atoms with van der Waals surface area (Å²) in [7, 11) is 0. The number of ether oxygens (including phenoxy) is 1. The Labute approximate surface area is 170 Å². The Morgan fingerprint density at radius 3 is 2.38 bits per heavy atom. The fourth-order valence-electron chi connectivity index (χ4n) is 3.14. The van der Waals surface area contributed by atoms with Gasteiger partial charge in [-0.25, -0.2) is 4.98 Å². The summed E-state index contributed by atoms with van der Waals surface area (Å²) < 4.78 is 6.91. The van der Waals surface area contributed by atoms with Crippen molar-refractivity contribution in [2.24, 2.45) is 0 Å². The van der Waals surface area contributed by atoms with Crippen molar-refractivity contribution in [2.45, 2.75) is 27.3 Å². The minimum absolute atomic E-state index is 0.149. The van der Waals surface area contributed by atoms with E-state index in [9.17, 15) is 9.59 Å². The van der Waals surface area contributed by atoms with Crippen LogP contribution in [0.4, 0.5) is 0 Å². The normalized spacial score (nSPS) is 10.6. The third kappa shape index (κ3) is 5.31. The number of hydrogen-bond acceptors (Lipinski definition) is 4. The number of hydrogen-bond donors (Lipinski definition) is 1. The van der Waals surface area contributed by atoms with Gasteiger partial charge in [0.1, 0.15) is 5.75 Å². The van der Waals surface area contributed by atoms with Gasteiger partial charge in [-0.1, -0.05) is 17.2 Å². The molecule has 6 nitrogen and oxygen atoms in total. The first-order chi connectivity index (χ1) is 14.0. The Hall–Kier alpha value is -3.41. The molecule has 1 amide bonds. The van der Waals surface area contributed by atoms with Crippen molar-refractivity contribution < 1.29 is 9.53 Å². The van der Waals surface area contributed by atoms with Gasteiger partial charge in [0, 0.05) is 30.3 Å². The molecule has 2 aromatic carbocycles. The summed E-state index contributed by atoms with van der Waals surface area (Å²) in [6.45, 7) is 7.15. The molecule has 0 saturated heterocycles. The largest absolute Gasteiger partial charge is 0.494 e. The van der Waals surface area contributed by atoms with Crippen LogP contribution in [0.25, 0.3) is 11.3 Å². The number of carbonyl (C=O) groups is 1. The summed E-state index contributed by atoms with van der Waals surface area (Å²) in [5.74, 6) is 0.632. The van der Waals surface area contributed by atoms with Crippen molar-refractivity contribution >= 4 is 5.91 Å². The third-order valence-electron chi connectivity index (χ3n) is 4.46. The predicted molar refractivity (Wildman–Crippen MR) is 113 cm³/mol. The lowest BCUT2D eigenvalue weighted by molar-refractivity contribution is 0.0952. The van der Waals surface area contributed by atoms with E-state index in [1.54, 1.807) is 0 Å². The summed E-state index contributed by atoms with van der Waals surface area (Å²) in [5.41, 5.74) is 4.00. The Morgan fingerprint density at radius 1 is 1.07 bits per heavy atom. The zero-order valence-electron chi connectivity index (χ0n) is 16.9. The van der Waals surface area contributed by atoms with Gasteiger partial charge < -0.3 is 10.1 Å². The fourth-order valence-corrected chi connectivity index (χ4v) is 3.14. The monoisotopic (exact) mass is 391 g/mol. The Morgan fingerprint density at radius 2 is 1.76 bits per heavy atom. The van der Waals surface area contributed by atoms with Gasteiger partial charge in [0.2, 0.25) is 0 Å². The van der Waals surface area contributed by atoms with Crippen LogP contribution in [0.1, 0.15) is 28.4 Å². The number of amides is 1. The van der Waals surface area contributed by atoms with E-state index in [2.05, 4.69) is 10.3 Å². The van der Waals surface area contributed by atoms with E-state index in [1.165, 1.54) is 17.0 Å². The van der Waals surface area contributed by atoms with E-state index in [0.717, 1.165) is 22.4 Å². The molecule has 1 N–H and O–H groups in total. The van der Waals surface area contributed by atoms with Gasteiger partial charge in [-0.3, -0.25) is 14.2 Å². The molecule has 0 spiro atoms. The standard InChI is InChI=1S/C23H25N3O3/c1-4-29-20-7-5-18(6-8-20)21-14-22(27)26(15-25-21)10-9-24-23(28)19-12-16(2)11-17(3)13-19/h5-8,11-15H,4,9-10H2,1-3H3,(H,24,28). The maximum atomic E-state index is 12.4. The smallest absolute Gasteiger partial charge is 0.253 e. The molecule has 29 heavy (non-hydrogen) atoms. The lowest BCUT2D eigenvalue weighted by Gasteiger charge is -2.09. The maximum Gasteiger partial charge on any atom is 0.253 e. The molecule has 0 aliphatic heterocycles. The topological polar surface area (TPSA) is 73.2 Å². The van der Waals surface area contributed by atoms with Crippen molar-refractivity contribution in [1.29, 1.82) is 0 Å². The molecule has 0 unspecified atom stereocenters. The number of aryl methyl sites for hydroxylation is 2. The van der Waals surface area contributed by atoms with Crippen LogP contribution in [-0.2, 0) is 6.54 Å².